The molecule has 1 saturated carbocycles. The van der Waals surface area contributed by atoms with Crippen molar-refractivity contribution in [1.82, 2.24) is 10.6 Å². The molecule has 0 atom stereocenters. The standard InChI is InChI=1S/C16H30N2O/c1-16(8-10-17-11-9-16)13-18-15(19)12-14-6-4-2-3-5-7-14/h14,17H,2-13H2,1H3,(H,18,19). The van der Waals surface area contributed by atoms with Gasteiger partial charge in [0.1, 0.15) is 0 Å². The van der Waals surface area contributed by atoms with Crippen molar-refractivity contribution in [2.45, 2.75) is 64.7 Å². The summed E-state index contributed by atoms with van der Waals surface area (Å²) in [5.74, 6) is 0.926. The van der Waals surface area contributed by atoms with E-state index in [1.54, 1.807) is 0 Å². The topological polar surface area (TPSA) is 41.1 Å². The first-order chi connectivity index (χ1) is 9.18. The highest BCUT2D eigenvalue weighted by atomic mass is 16.1. The molecule has 0 aromatic heterocycles. The molecule has 0 bridgehead atoms. The monoisotopic (exact) mass is 266 g/mol. The lowest BCUT2D eigenvalue weighted by molar-refractivity contribution is -0.122. The van der Waals surface area contributed by atoms with Crippen LogP contribution in [-0.4, -0.2) is 25.5 Å². The van der Waals surface area contributed by atoms with Crippen molar-refractivity contribution >= 4 is 5.91 Å². The van der Waals surface area contributed by atoms with E-state index in [0.717, 1.165) is 26.1 Å². The van der Waals surface area contributed by atoms with Crippen molar-refractivity contribution in [3.8, 4) is 0 Å². The van der Waals surface area contributed by atoms with Gasteiger partial charge in [-0.25, -0.2) is 0 Å². The zero-order valence-electron chi connectivity index (χ0n) is 12.5. The molecular weight excluding hydrogens is 236 g/mol. The Labute approximate surface area is 117 Å². The van der Waals surface area contributed by atoms with E-state index >= 15 is 0 Å². The molecule has 110 valence electrons. The quantitative estimate of drug-likeness (QED) is 0.768. The van der Waals surface area contributed by atoms with E-state index in [2.05, 4.69) is 17.6 Å². The Balaban J connectivity index is 1.68. The van der Waals surface area contributed by atoms with Crippen molar-refractivity contribution < 1.29 is 4.79 Å². The molecule has 3 heteroatoms. The van der Waals surface area contributed by atoms with Gasteiger partial charge in [-0.1, -0.05) is 32.6 Å². The fourth-order valence-corrected chi connectivity index (χ4v) is 3.42. The van der Waals surface area contributed by atoms with Crippen LogP contribution in [0.1, 0.15) is 64.7 Å². The molecule has 2 rings (SSSR count). The maximum absolute atomic E-state index is 12.1. The van der Waals surface area contributed by atoms with Crippen molar-refractivity contribution in [3.05, 3.63) is 0 Å². The molecule has 0 radical (unpaired) electrons. The lowest BCUT2D eigenvalue weighted by Crippen LogP contribution is -2.43. The van der Waals surface area contributed by atoms with E-state index in [-0.39, 0.29) is 5.91 Å². The molecule has 2 fully saturated rings. The molecule has 1 heterocycles. The highest BCUT2D eigenvalue weighted by molar-refractivity contribution is 5.76. The molecule has 3 nitrogen and oxygen atoms in total. The fourth-order valence-electron chi connectivity index (χ4n) is 3.42. The Morgan fingerprint density at radius 3 is 2.42 bits per heavy atom. The van der Waals surface area contributed by atoms with Gasteiger partial charge >= 0.3 is 0 Å². The van der Waals surface area contributed by atoms with E-state index in [1.165, 1.54) is 51.4 Å². The van der Waals surface area contributed by atoms with Crippen molar-refractivity contribution in [1.29, 1.82) is 0 Å². The predicted molar refractivity (Wildman–Crippen MR) is 79.0 cm³/mol. The van der Waals surface area contributed by atoms with E-state index in [1.807, 2.05) is 0 Å². The number of hydrogen-bond donors (Lipinski definition) is 2. The maximum atomic E-state index is 12.1. The molecule has 2 aliphatic rings. The molecule has 0 unspecified atom stereocenters. The molecule has 2 N–H and O–H groups in total. The van der Waals surface area contributed by atoms with Gasteiger partial charge in [0, 0.05) is 13.0 Å². The van der Waals surface area contributed by atoms with E-state index in [4.69, 9.17) is 0 Å². The van der Waals surface area contributed by atoms with Crippen LogP contribution in [0, 0.1) is 11.3 Å². The second-order valence-electron chi connectivity index (χ2n) is 6.90. The highest BCUT2D eigenvalue weighted by Gasteiger charge is 2.27. The Morgan fingerprint density at radius 1 is 1.16 bits per heavy atom. The molecule has 0 aromatic rings. The van der Waals surface area contributed by atoms with Crippen LogP contribution in [-0.2, 0) is 4.79 Å². The third-order valence-corrected chi connectivity index (χ3v) is 4.97. The van der Waals surface area contributed by atoms with Crippen LogP contribution in [0.25, 0.3) is 0 Å². The number of rotatable bonds is 4. The number of nitrogens with one attached hydrogen (secondary N) is 2. The van der Waals surface area contributed by atoms with Crippen LogP contribution in [0.2, 0.25) is 0 Å². The first kappa shape index (κ1) is 14.8. The van der Waals surface area contributed by atoms with Crippen LogP contribution in [0.4, 0.5) is 0 Å². The number of carbonyl (C=O) groups is 1. The number of hydrogen-bond acceptors (Lipinski definition) is 2. The predicted octanol–water partition coefficient (Wildman–Crippen LogP) is 2.85. The summed E-state index contributed by atoms with van der Waals surface area (Å²) in [4.78, 5) is 12.1. The van der Waals surface area contributed by atoms with E-state index in [0.29, 0.717) is 11.3 Å². The average Bonchev–Trinajstić information content (AvgIpc) is 2.66. The van der Waals surface area contributed by atoms with Crippen LogP contribution in [0.3, 0.4) is 0 Å². The number of carbonyl (C=O) groups excluding carboxylic acids is 1. The Morgan fingerprint density at radius 2 is 1.79 bits per heavy atom. The van der Waals surface area contributed by atoms with Gasteiger partial charge in [0.25, 0.3) is 0 Å². The minimum Gasteiger partial charge on any atom is -0.356 e. The third-order valence-electron chi connectivity index (χ3n) is 4.97. The first-order valence-electron chi connectivity index (χ1n) is 8.15. The second-order valence-corrected chi connectivity index (χ2v) is 6.90. The summed E-state index contributed by atoms with van der Waals surface area (Å²) in [6, 6.07) is 0. The van der Waals surface area contributed by atoms with Crippen LogP contribution in [0.15, 0.2) is 0 Å². The Kier molecular flexibility index (Phi) is 5.68. The summed E-state index contributed by atoms with van der Waals surface area (Å²) in [6.07, 6.45) is 11.0. The van der Waals surface area contributed by atoms with Crippen LogP contribution >= 0.6 is 0 Å². The fraction of sp³-hybridized carbons (Fsp3) is 0.938. The van der Waals surface area contributed by atoms with Gasteiger partial charge in [-0.05, 0) is 50.1 Å². The third kappa shape index (κ3) is 5.13. The summed E-state index contributed by atoms with van der Waals surface area (Å²) in [7, 11) is 0. The largest absolute Gasteiger partial charge is 0.356 e. The number of amides is 1. The molecule has 1 aliphatic carbocycles. The van der Waals surface area contributed by atoms with Gasteiger partial charge in [-0.2, -0.15) is 0 Å². The van der Waals surface area contributed by atoms with Crippen molar-refractivity contribution in [2.24, 2.45) is 11.3 Å². The summed E-state index contributed by atoms with van der Waals surface area (Å²) in [5, 5.41) is 6.58. The lowest BCUT2D eigenvalue weighted by Gasteiger charge is -2.34. The molecule has 0 spiro atoms. The van der Waals surface area contributed by atoms with Gasteiger partial charge in [0.05, 0.1) is 0 Å². The molecule has 1 amide bonds. The first-order valence-corrected chi connectivity index (χ1v) is 8.15. The summed E-state index contributed by atoms with van der Waals surface area (Å²) >= 11 is 0. The summed E-state index contributed by atoms with van der Waals surface area (Å²) in [6.45, 7) is 5.35. The lowest BCUT2D eigenvalue weighted by atomic mass is 9.81. The normalized spacial score (nSPS) is 24.7. The second kappa shape index (κ2) is 7.28. The maximum Gasteiger partial charge on any atom is 0.220 e. The van der Waals surface area contributed by atoms with Crippen LogP contribution < -0.4 is 10.6 Å². The zero-order valence-corrected chi connectivity index (χ0v) is 12.5. The van der Waals surface area contributed by atoms with Gasteiger partial charge in [-0.3, -0.25) is 4.79 Å². The zero-order chi connectivity index (χ0) is 13.6. The molecule has 1 aliphatic heterocycles. The minimum atomic E-state index is 0.284. The van der Waals surface area contributed by atoms with Gasteiger partial charge in [0.15, 0.2) is 0 Å². The van der Waals surface area contributed by atoms with E-state index in [9.17, 15) is 4.79 Å². The summed E-state index contributed by atoms with van der Waals surface area (Å²) < 4.78 is 0. The molecular formula is C16H30N2O. The minimum absolute atomic E-state index is 0.284. The van der Waals surface area contributed by atoms with Crippen molar-refractivity contribution in [3.63, 3.8) is 0 Å². The number of piperidine rings is 1. The van der Waals surface area contributed by atoms with Gasteiger partial charge in [-0.15, -0.1) is 0 Å². The van der Waals surface area contributed by atoms with E-state index < -0.39 is 0 Å². The SMILES string of the molecule is CC1(CNC(=O)CC2CCCCCC2)CCNCC1. The Bertz CT molecular complexity index is 276. The Hall–Kier alpha value is -0.570. The smallest absolute Gasteiger partial charge is 0.220 e. The summed E-state index contributed by atoms with van der Waals surface area (Å²) in [5.41, 5.74) is 0.310. The highest BCUT2D eigenvalue weighted by Crippen LogP contribution is 2.28. The average molecular weight is 266 g/mol. The molecule has 19 heavy (non-hydrogen) atoms. The van der Waals surface area contributed by atoms with Crippen LogP contribution in [0.5, 0.6) is 0 Å². The van der Waals surface area contributed by atoms with Crippen molar-refractivity contribution in [2.75, 3.05) is 19.6 Å². The van der Waals surface area contributed by atoms with Gasteiger partial charge in [0.2, 0.25) is 5.91 Å². The molecule has 1 saturated heterocycles. The van der Waals surface area contributed by atoms with Gasteiger partial charge < -0.3 is 10.6 Å². The molecule has 0 aromatic carbocycles.